The van der Waals surface area contributed by atoms with Crippen molar-refractivity contribution in [1.82, 2.24) is 4.90 Å². The summed E-state index contributed by atoms with van der Waals surface area (Å²) in [5.74, 6) is -0.472. The Labute approximate surface area is 112 Å². The fraction of sp³-hybridized carbons (Fsp3) is 0.500. The van der Waals surface area contributed by atoms with E-state index in [-0.39, 0.29) is 5.56 Å². The van der Waals surface area contributed by atoms with Gasteiger partial charge in [-0.15, -0.1) is 0 Å². The number of nitrogens with zero attached hydrogens (tertiary/aromatic N) is 2. The summed E-state index contributed by atoms with van der Waals surface area (Å²) in [5.41, 5.74) is 0.803. The van der Waals surface area contributed by atoms with Crippen LogP contribution in [0.5, 0.6) is 0 Å². The average Bonchev–Trinajstić information content (AvgIpc) is 2.45. The van der Waals surface area contributed by atoms with E-state index < -0.39 is 5.82 Å². The van der Waals surface area contributed by atoms with Gasteiger partial charge in [0.05, 0.1) is 18.8 Å². The van der Waals surface area contributed by atoms with Crippen molar-refractivity contribution >= 4 is 5.69 Å². The Morgan fingerprint density at radius 2 is 2.16 bits per heavy atom. The van der Waals surface area contributed by atoms with E-state index in [1.807, 2.05) is 6.07 Å². The number of ether oxygens (including phenoxy) is 1. The van der Waals surface area contributed by atoms with Gasteiger partial charge in [0.25, 0.3) is 0 Å². The lowest BCUT2D eigenvalue weighted by molar-refractivity contribution is 0.0378. The van der Waals surface area contributed by atoms with Gasteiger partial charge in [-0.2, -0.15) is 5.26 Å². The van der Waals surface area contributed by atoms with Crippen molar-refractivity contribution in [3.63, 3.8) is 0 Å². The van der Waals surface area contributed by atoms with Crippen LogP contribution in [0.3, 0.4) is 0 Å². The van der Waals surface area contributed by atoms with Gasteiger partial charge in [0, 0.05) is 25.3 Å². The van der Waals surface area contributed by atoms with E-state index in [2.05, 4.69) is 10.2 Å². The van der Waals surface area contributed by atoms with E-state index in [0.717, 1.165) is 51.5 Å². The highest BCUT2D eigenvalue weighted by atomic mass is 19.1. The van der Waals surface area contributed by atoms with E-state index >= 15 is 0 Å². The third kappa shape index (κ3) is 4.19. The maximum atomic E-state index is 13.4. The molecule has 19 heavy (non-hydrogen) atoms. The number of rotatable bonds is 5. The Balaban J connectivity index is 1.70. The van der Waals surface area contributed by atoms with Gasteiger partial charge in [0.15, 0.2) is 0 Å². The molecule has 1 aliphatic rings. The van der Waals surface area contributed by atoms with Gasteiger partial charge < -0.3 is 10.1 Å². The van der Waals surface area contributed by atoms with Crippen molar-refractivity contribution in [2.24, 2.45) is 0 Å². The fourth-order valence-electron chi connectivity index (χ4n) is 2.08. The first kappa shape index (κ1) is 13.8. The summed E-state index contributed by atoms with van der Waals surface area (Å²) in [5, 5.41) is 11.8. The highest BCUT2D eigenvalue weighted by Crippen LogP contribution is 2.13. The van der Waals surface area contributed by atoms with E-state index in [9.17, 15) is 4.39 Å². The summed E-state index contributed by atoms with van der Waals surface area (Å²) < 4.78 is 18.7. The molecule has 0 atom stereocenters. The Kier molecular flexibility index (Phi) is 5.13. The summed E-state index contributed by atoms with van der Waals surface area (Å²) in [6, 6.07) is 6.41. The zero-order valence-electron chi connectivity index (χ0n) is 10.9. The number of anilines is 1. The second-order valence-electron chi connectivity index (χ2n) is 4.54. The molecule has 0 unspecified atom stereocenters. The summed E-state index contributed by atoms with van der Waals surface area (Å²) in [7, 11) is 0. The minimum absolute atomic E-state index is 0.0823. The molecule has 0 aliphatic carbocycles. The molecule has 1 aromatic rings. The Morgan fingerprint density at radius 1 is 1.37 bits per heavy atom. The standard InChI is InChI=1S/C14H18FN3O/c15-14-10-13(3-2-12(14)11-16)17-4-1-5-18-6-8-19-9-7-18/h2-3,10,17H,1,4-9H2. The smallest absolute Gasteiger partial charge is 0.143 e. The zero-order chi connectivity index (χ0) is 13.5. The molecule has 0 spiro atoms. The largest absolute Gasteiger partial charge is 0.385 e. The molecule has 0 saturated carbocycles. The molecular weight excluding hydrogens is 245 g/mol. The molecule has 1 fully saturated rings. The lowest BCUT2D eigenvalue weighted by Gasteiger charge is -2.26. The number of benzene rings is 1. The number of halogens is 1. The second-order valence-corrected chi connectivity index (χ2v) is 4.54. The van der Waals surface area contributed by atoms with Crippen molar-refractivity contribution < 1.29 is 9.13 Å². The first-order chi connectivity index (χ1) is 9.29. The number of hydrogen-bond donors (Lipinski definition) is 1. The second kappa shape index (κ2) is 7.07. The van der Waals surface area contributed by atoms with Crippen molar-refractivity contribution in [3.05, 3.63) is 29.6 Å². The SMILES string of the molecule is N#Cc1ccc(NCCCN2CCOCC2)cc1F. The minimum Gasteiger partial charge on any atom is -0.385 e. The molecule has 5 heteroatoms. The predicted molar refractivity (Wildman–Crippen MR) is 71.5 cm³/mol. The van der Waals surface area contributed by atoms with Crippen LogP contribution < -0.4 is 5.32 Å². The molecule has 1 aromatic carbocycles. The van der Waals surface area contributed by atoms with Gasteiger partial charge in [-0.3, -0.25) is 4.90 Å². The maximum absolute atomic E-state index is 13.4. The van der Waals surface area contributed by atoms with Crippen LogP contribution in [0.25, 0.3) is 0 Å². The first-order valence-electron chi connectivity index (χ1n) is 6.53. The van der Waals surface area contributed by atoms with Crippen molar-refractivity contribution in [2.75, 3.05) is 44.7 Å². The summed E-state index contributed by atoms with van der Waals surface area (Å²) in [6.45, 7) is 5.43. The molecule has 0 amide bonds. The van der Waals surface area contributed by atoms with Crippen molar-refractivity contribution in [3.8, 4) is 6.07 Å². The molecule has 1 N–H and O–H groups in total. The van der Waals surface area contributed by atoms with Crippen LogP contribution in [-0.4, -0.2) is 44.3 Å². The van der Waals surface area contributed by atoms with Gasteiger partial charge in [-0.05, 0) is 31.2 Å². The monoisotopic (exact) mass is 263 g/mol. The number of morpholine rings is 1. The topological polar surface area (TPSA) is 48.3 Å². The summed E-state index contributed by atoms with van der Waals surface area (Å²) in [4.78, 5) is 2.37. The molecule has 0 radical (unpaired) electrons. The maximum Gasteiger partial charge on any atom is 0.143 e. The van der Waals surface area contributed by atoms with Gasteiger partial charge in [-0.25, -0.2) is 4.39 Å². The lowest BCUT2D eigenvalue weighted by Crippen LogP contribution is -2.37. The zero-order valence-corrected chi connectivity index (χ0v) is 10.9. The number of nitrogens with one attached hydrogen (secondary N) is 1. The quantitative estimate of drug-likeness (QED) is 0.823. The summed E-state index contributed by atoms with van der Waals surface area (Å²) in [6.07, 6.45) is 1.00. The van der Waals surface area contributed by atoms with Crippen LogP contribution in [0, 0.1) is 17.1 Å². The first-order valence-corrected chi connectivity index (χ1v) is 6.53. The van der Waals surface area contributed by atoms with Gasteiger partial charge >= 0.3 is 0 Å². The third-order valence-electron chi connectivity index (χ3n) is 3.17. The number of nitriles is 1. The van der Waals surface area contributed by atoms with Crippen LogP contribution in [0.2, 0.25) is 0 Å². The molecule has 102 valence electrons. The minimum atomic E-state index is -0.472. The third-order valence-corrected chi connectivity index (χ3v) is 3.17. The summed E-state index contributed by atoms with van der Waals surface area (Å²) >= 11 is 0. The van der Waals surface area contributed by atoms with Gasteiger partial charge in [0.1, 0.15) is 11.9 Å². The number of hydrogen-bond acceptors (Lipinski definition) is 4. The van der Waals surface area contributed by atoms with Gasteiger partial charge in [0.2, 0.25) is 0 Å². The van der Waals surface area contributed by atoms with E-state index in [4.69, 9.17) is 10.00 Å². The average molecular weight is 263 g/mol. The molecule has 1 saturated heterocycles. The van der Waals surface area contributed by atoms with Crippen LogP contribution in [0.1, 0.15) is 12.0 Å². The molecule has 4 nitrogen and oxygen atoms in total. The van der Waals surface area contributed by atoms with E-state index in [1.54, 1.807) is 6.07 Å². The molecule has 1 heterocycles. The Hall–Kier alpha value is -1.64. The van der Waals surface area contributed by atoms with Crippen LogP contribution in [-0.2, 0) is 4.74 Å². The molecule has 0 bridgehead atoms. The Morgan fingerprint density at radius 3 is 2.84 bits per heavy atom. The highest BCUT2D eigenvalue weighted by Gasteiger charge is 2.09. The van der Waals surface area contributed by atoms with Crippen molar-refractivity contribution in [2.45, 2.75) is 6.42 Å². The molecule has 1 aliphatic heterocycles. The molecule has 2 rings (SSSR count). The lowest BCUT2D eigenvalue weighted by atomic mass is 10.2. The molecule has 0 aromatic heterocycles. The highest BCUT2D eigenvalue weighted by molar-refractivity contribution is 5.48. The van der Waals surface area contributed by atoms with Crippen LogP contribution >= 0.6 is 0 Å². The Bertz CT molecular complexity index is 452. The fourth-order valence-corrected chi connectivity index (χ4v) is 2.08. The van der Waals surface area contributed by atoms with Gasteiger partial charge in [-0.1, -0.05) is 0 Å². The van der Waals surface area contributed by atoms with E-state index in [0.29, 0.717) is 0 Å². The normalized spacial score (nSPS) is 16.0. The predicted octanol–water partition coefficient (Wildman–Crippen LogP) is 1.83. The van der Waals surface area contributed by atoms with Crippen LogP contribution in [0.15, 0.2) is 18.2 Å². The molecular formula is C14H18FN3O. The van der Waals surface area contributed by atoms with Crippen LogP contribution in [0.4, 0.5) is 10.1 Å². The van der Waals surface area contributed by atoms with E-state index in [1.165, 1.54) is 12.1 Å². The van der Waals surface area contributed by atoms with Crippen molar-refractivity contribution in [1.29, 1.82) is 5.26 Å².